The highest BCUT2D eigenvalue weighted by atomic mass is 35.6. The monoisotopic (exact) mass is 410 g/mol. The van der Waals surface area contributed by atoms with Gasteiger partial charge in [-0.1, -0.05) is 62.0 Å². The minimum atomic E-state index is -2.09. The number of carbonyl (C=O) groups is 2. The SMILES string of the molecule is CCC(C)(C)[C@@H]1CCc2c(sc(NC(=O)C(Cl)(Cl)Cl)c2C(N)=O)C1. The average Bonchev–Trinajstić information content (AvgIpc) is 2.83. The molecule has 134 valence electrons. The summed E-state index contributed by atoms with van der Waals surface area (Å²) in [5, 5.41) is 2.91. The van der Waals surface area contributed by atoms with Crippen LogP contribution in [0, 0.1) is 11.3 Å². The van der Waals surface area contributed by atoms with E-state index in [1.54, 1.807) is 0 Å². The van der Waals surface area contributed by atoms with Crippen molar-refractivity contribution in [2.45, 2.75) is 50.2 Å². The number of rotatable bonds is 4. The van der Waals surface area contributed by atoms with Crippen LogP contribution in [0.2, 0.25) is 0 Å². The summed E-state index contributed by atoms with van der Waals surface area (Å²) in [6, 6.07) is 0. The molecular formula is C16H21Cl3N2O2S. The fraction of sp³-hybridized carbons (Fsp3) is 0.625. The molecule has 0 unspecified atom stereocenters. The number of nitrogens with two attached hydrogens (primary N) is 1. The first-order valence-electron chi connectivity index (χ1n) is 7.80. The molecule has 0 aromatic carbocycles. The van der Waals surface area contributed by atoms with Gasteiger partial charge in [0.15, 0.2) is 0 Å². The highest BCUT2D eigenvalue weighted by Crippen LogP contribution is 2.45. The molecule has 0 saturated carbocycles. The predicted molar refractivity (Wildman–Crippen MR) is 101 cm³/mol. The Labute approximate surface area is 161 Å². The van der Waals surface area contributed by atoms with Crippen LogP contribution in [0.25, 0.3) is 0 Å². The van der Waals surface area contributed by atoms with E-state index in [9.17, 15) is 9.59 Å². The van der Waals surface area contributed by atoms with Gasteiger partial charge in [-0.2, -0.15) is 0 Å². The summed E-state index contributed by atoms with van der Waals surface area (Å²) in [4.78, 5) is 24.9. The van der Waals surface area contributed by atoms with Crippen LogP contribution < -0.4 is 11.1 Å². The van der Waals surface area contributed by atoms with E-state index >= 15 is 0 Å². The van der Waals surface area contributed by atoms with E-state index in [4.69, 9.17) is 40.5 Å². The summed E-state index contributed by atoms with van der Waals surface area (Å²) < 4.78 is -2.09. The van der Waals surface area contributed by atoms with Crippen LogP contribution in [0.4, 0.5) is 5.00 Å². The molecule has 8 heteroatoms. The maximum Gasteiger partial charge on any atom is 0.277 e. The van der Waals surface area contributed by atoms with Crippen molar-refractivity contribution in [2.24, 2.45) is 17.1 Å². The number of anilines is 1. The number of carbonyl (C=O) groups excluding carboxylic acids is 2. The number of nitrogens with one attached hydrogen (secondary N) is 1. The first-order valence-corrected chi connectivity index (χ1v) is 9.75. The van der Waals surface area contributed by atoms with Gasteiger partial charge in [0.25, 0.3) is 15.6 Å². The molecule has 0 spiro atoms. The van der Waals surface area contributed by atoms with Crippen molar-refractivity contribution in [1.29, 1.82) is 0 Å². The quantitative estimate of drug-likeness (QED) is 0.705. The third-order valence-corrected chi connectivity index (χ3v) is 6.70. The maximum atomic E-state index is 11.9. The standard InChI is InChI=1S/C16H21Cl3N2O2S/c1-4-15(2,3)8-5-6-9-10(7-8)24-13(11(9)12(20)22)21-14(23)16(17,18)19/h8H,4-7H2,1-3H3,(H2,20,22)(H,21,23)/t8-/m1/s1. The van der Waals surface area contributed by atoms with E-state index in [1.807, 2.05) is 0 Å². The second-order valence-corrected chi connectivity index (χ2v) is 10.2. The molecule has 1 aromatic rings. The molecule has 0 saturated heterocycles. The van der Waals surface area contributed by atoms with Gasteiger partial charge in [-0.15, -0.1) is 11.3 Å². The first kappa shape index (κ1) is 19.8. The summed E-state index contributed by atoms with van der Waals surface area (Å²) in [7, 11) is 0. The largest absolute Gasteiger partial charge is 0.365 e. The minimum absolute atomic E-state index is 0.218. The van der Waals surface area contributed by atoms with Gasteiger partial charge in [0.1, 0.15) is 5.00 Å². The van der Waals surface area contributed by atoms with Crippen LogP contribution in [0.5, 0.6) is 0 Å². The van der Waals surface area contributed by atoms with Crippen molar-refractivity contribution in [3.63, 3.8) is 0 Å². The summed E-state index contributed by atoms with van der Waals surface area (Å²) in [6.07, 6.45) is 3.70. The van der Waals surface area contributed by atoms with Crippen molar-refractivity contribution in [2.75, 3.05) is 5.32 Å². The molecule has 24 heavy (non-hydrogen) atoms. The van der Waals surface area contributed by atoms with Crippen LogP contribution >= 0.6 is 46.1 Å². The molecule has 0 aliphatic heterocycles. The lowest BCUT2D eigenvalue weighted by atomic mass is 9.69. The zero-order valence-electron chi connectivity index (χ0n) is 13.8. The van der Waals surface area contributed by atoms with Gasteiger partial charge in [-0.05, 0) is 36.2 Å². The number of hydrogen-bond donors (Lipinski definition) is 2. The Hall–Kier alpha value is -0.490. The summed E-state index contributed by atoms with van der Waals surface area (Å²) in [5.74, 6) is -0.842. The van der Waals surface area contributed by atoms with Crippen LogP contribution in [0.1, 0.15) is 54.4 Å². The van der Waals surface area contributed by atoms with Gasteiger partial charge < -0.3 is 11.1 Å². The van der Waals surface area contributed by atoms with Gasteiger partial charge in [-0.3, -0.25) is 9.59 Å². The lowest BCUT2D eigenvalue weighted by Gasteiger charge is -2.36. The second-order valence-electron chi connectivity index (χ2n) is 6.81. The highest BCUT2D eigenvalue weighted by Gasteiger charge is 2.36. The molecule has 1 aromatic heterocycles. The van der Waals surface area contributed by atoms with E-state index in [1.165, 1.54) is 11.3 Å². The number of hydrogen-bond acceptors (Lipinski definition) is 3. The molecule has 1 aliphatic rings. The molecule has 0 bridgehead atoms. The third kappa shape index (κ3) is 4.01. The summed E-state index contributed by atoms with van der Waals surface area (Å²) in [5.41, 5.74) is 7.03. The summed E-state index contributed by atoms with van der Waals surface area (Å²) >= 11 is 18.2. The normalized spacial score (nSPS) is 18.2. The number of fused-ring (bicyclic) bond motifs is 1. The van der Waals surface area contributed by atoms with E-state index in [0.717, 1.165) is 36.1 Å². The molecule has 3 N–H and O–H groups in total. The molecule has 0 fully saturated rings. The Bertz CT molecular complexity index is 665. The molecular weight excluding hydrogens is 391 g/mol. The van der Waals surface area contributed by atoms with Gasteiger partial charge in [0.05, 0.1) is 5.56 Å². The van der Waals surface area contributed by atoms with Crippen molar-refractivity contribution >= 4 is 63.0 Å². The van der Waals surface area contributed by atoms with E-state index in [2.05, 4.69) is 26.1 Å². The Morgan fingerprint density at radius 2 is 1.96 bits per heavy atom. The van der Waals surface area contributed by atoms with Crippen LogP contribution in [-0.2, 0) is 17.6 Å². The van der Waals surface area contributed by atoms with Crippen molar-refractivity contribution in [1.82, 2.24) is 0 Å². The van der Waals surface area contributed by atoms with Crippen LogP contribution in [0.3, 0.4) is 0 Å². The third-order valence-electron chi connectivity index (χ3n) is 5.01. The van der Waals surface area contributed by atoms with Crippen LogP contribution in [-0.4, -0.2) is 15.6 Å². The van der Waals surface area contributed by atoms with E-state index < -0.39 is 15.6 Å². The smallest absolute Gasteiger partial charge is 0.277 e. The fourth-order valence-corrected chi connectivity index (χ4v) is 4.53. The molecule has 1 aliphatic carbocycles. The molecule has 4 nitrogen and oxygen atoms in total. The zero-order chi connectivity index (χ0) is 18.3. The summed E-state index contributed by atoms with van der Waals surface area (Å²) in [6.45, 7) is 6.71. The van der Waals surface area contributed by atoms with E-state index in [-0.39, 0.29) is 5.41 Å². The Kier molecular flexibility index (Phi) is 5.80. The average molecular weight is 412 g/mol. The van der Waals surface area contributed by atoms with Gasteiger partial charge in [0.2, 0.25) is 0 Å². The zero-order valence-corrected chi connectivity index (χ0v) is 16.9. The van der Waals surface area contributed by atoms with Gasteiger partial charge in [-0.25, -0.2) is 0 Å². The number of amides is 2. The highest BCUT2D eigenvalue weighted by molar-refractivity contribution is 7.17. The lowest BCUT2D eigenvalue weighted by molar-refractivity contribution is -0.115. The minimum Gasteiger partial charge on any atom is -0.365 e. The van der Waals surface area contributed by atoms with Gasteiger partial charge in [0, 0.05) is 4.88 Å². The predicted octanol–water partition coefficient (Wildman–Crippen LogP) is 4.70. The van der Waals surface area contributed by atoms with E-state index in [0.29, 0.717) is 16.5 Å². The van der Waals surface area contributed by atoms with Crippen molar-refractivity contribution in [3.05, 3.63) is 16.0 Å². The number of primary amides is 1. The fourth-order valence-electron chi connectivity index (χ4n) is 3.06. The van der Waals surface area contributed by atoms with Crippen LogP contribution in [0.15, 0.2) is 0 Å². The van der Waals surface area contributed by atoms with Crippen molar-refractivity contribution in [3.8, 4) is 0 Å². The Morgan fingerprint density at radius 3 is 2.46 bits per heavy atom. The molecule has 0 radical (unpaired) electrons. The number of halogens is 3. The lowest BCUT2D eigenvalue weighted by Crippen LogP contribution is -2.29. The molecule has 2 amide bonds. The molecule has 2 rings (SSSR count). The first-order chi connectivity index (χ1) is 11.0. The Balaban J connectivity index is 2.36. The molecule has 1 atom stereocenters. The topological polar surface area (TPSA) is 72.2 Å². The maximum absolute atomic E-state index is 11.9. The Morgan fingerprint density at radius 1 is 1.33 bits per heavy atom. The molecule has 1 heterocycles. The second kappa shape index (κ2) is 7.02. The number of thiophene rings is 1. The van der Waals surface area contributed by atoms with Gasteiger partial charge >= 0.3 is 0 Å². The van der Waals surface area contributed by atoms with Crippen molar-refractivity contribution < 1.29 is 9.59 Å². The number of alkyl halides is 3.